The molecule has 0 bridgehead atoms. The van der Waals surface area contributed by atoms with Gasteiger partial charge in [-0.05, 0) is 31.2 Å². The third-order valence-electron chi connectivity index (χ3n) is 2.20. The third kappa shape index (κ3) is 2.76. The lowest BCUT2D eigenvalue weighted by molar-refractivity contribution is 0.340. The molecule has 0 saturated heterocycles. The van der Waals surface area contributed by atoms with Crippen LogP contribution in [-0.2, 0) is 6.54 Å². The smallest absolute Gasteiger partial charge is 0.119 e. The molecule has 1 heterocycles. The van der Waals surface area contributed by atoms with Crippen LogP contribution in [-0.4, -0.2) is 16.6 Å². The van der Waals surface area contributed by atoms with Crippen molar-refractivity contribution in [1.82, 2.24) is 9.97 Å². The van der Waals surface area contributed by atoms with E-state index in [4.69, 9.17) is 4.74 Å². The number of hydrogen-bond acceptors (Lipinski definition) is 3. The number of nitrogens with zero attached hydrogens (tertiary/aromatic N) is 1. The summed E-state index contributed by atoms with van der Waals surface area (Å²) < 4.78 is 5.37. The molecule has 4 heteroatoms. The SMILES string of the molecule is CCOc1ccc(NCc2cnc[nH]2)cc1. The number of anilines is 1. The van der Waals surface area contributed by atoms with Crippen LogP contribution in [0.5, 0.6) is 5.75 Å². The van der Waals surface area contributed by atoms with Crippen LogP contribution in [0.2, 0.25) is 0 Å². The van der Waals surface area contributed by atoms with Gasteiger partial charge in [0, 0.05) is 11.9 Å². The van der Waals surface area contributed by atoms with Gasteiger partial charge in [0.05, 0.1) is 25.2 Å². The van der Waals surface area contributed by atoms with E-state index in [9.17, 15) is 0 Å². The second-order valence-electron chi connectivity index (χ2n) is 3.39. The van der Waals surface area contributed by atoms with Gasteiger partial charge in [0.1, 0.15) is 5.75 Å². The summed E-state index contributed by atoms with van der Waals surface area (Å²) in [7, 11) is 0. The summed E-state index contributed by atoms with van der Waals surface area (Å²) in [6, 6.07) is 7.92. The van der Waals surface area contributed by atoms with Gasteiger partial charge in [-0.1, -0.05) is 0 Å². The molecule has 0 saturated carbocycles. The highest BCUT2D eigenvalue weighted by atomic mass is 16.5. The lowest BCUT2D eigenvalue weighted by Gasteiger charge is -2.06. The van der Waals surface area contributed by atoms with Crippen LogP contribution in [0.25, 0.3) is 0 Å². The predicted molar refractivity (Wildman–Crippen MR) is 63.5 cm³/mol. The van der Waals surface area contributed by atoms with E-state index in [0.29, 0.717) is 6.61 Å². The number of H-pyrrole nitrogens is 1. The van der Waals surface area contributed by atoms with Crippen LogP contribution in [0.3, 0.4) is 0 Å². The number of hydrogen-bond donors (Lipinski definition) is 2. The standard InChI is InChI=1S/C12H15N3O/c1-2-16-12-5-3-10(4-6-12)14-8-11-7-13-9-15-11/h3-7,9,14H,2,8H2,1H3,(H,13,15). The number of imidazole rings is 1. The van der Waals surface area contributed by atoms with Gasteiger partial charge >= 0.3 is 0 Å². The van der Waals surface area contributed by atoms with Crippen molar-refractivity contribution in [2.45, 2.75) is 13.5 Å². The Bertz CT molecular complexity index is 408. The van der Waals surface area contributed by atoms with E-state index in [1.54, 1.807) is 6.33 Å². The van der Waals surface area contributed by atoms with E-state index in [-0.39, 0.29) is 0 Å². The largest absolute Gasteiger partial charge is 0.494 e. The van der Waals surface area contributed by atoms with Crippen molar-refractivity contribution in [3.8, 4) is 5.75 Å². The summed E-state index contributed by atoms with van der Waals surface area (Å²) in [5, 5.41) is 3.29. The summed E-state index contributed by atoms with van der Waals surface area (Å²) in [4.78, 5) is 7.00. The number of rotatable bonds is 5. The molecule has 0 aliphatic carbocycles. The molecule has 16 heavy (non-hydrogen) atoms. The molecule has 0 aliphatic rings. The monoisotopic (exact) mass is 217 g/mol. The van der Waals surface area contributed by atoms with Crippen molar-refractivity contribution >= 4 is 5.69 Å². The highest BCUT2D eigenvalue weighted by Gasteiger charge is 1.96. The van der Waals surface area contributed by atoms with E-state index in [1.165, 1.54) is 0 Å². The normalized spacial score (nSPS) is 10.1. The first-order valence-electron chi connectivity index (χ1n) is 5.32. The Hall–Kier alpha value is -1.97. The molecule has 0 unspecified atom stereocenters. The minimum absolute atomic E-state index is 0.695. The van der Waals surface area contributed by atoms with Gasteiger partial charge in [-0.15, -0.1) is 0 Å². The molecule has 0 amide bonds. The first-order valence-corrected chi connectivity index (χ1v) is 5.32. The molecule has 0 fully saturated rings. The molecule has 2 aromatic rings. The van der Waals surface area contributed by atoms with Gasteiger partial charge in [-0.3, -0.25) is 0 Å². The Morgan fingerprint density at radius 3 is 2.75 bits per heavy atom. The van der Waals surface area contributed by atoms with Gasteiger partial charge in [0.25, 0.3) is 0 Å². The molecular weight excluding hydrogens is 202 g/mol. The number of ether oxygens (including phenoxy) is 1. The van der Waals surface area contributed by atoms with Crippen LogP contribution in [0, 0.1) is 0 Å². The summed E-state index contributed by atoms with van der Waals surface area (Å²) in [6.45, 7) is 3.42. The first kappa shape index (κ1) is 10.5. The average molecular weight is 217 g/mol. The minimum atomic E-state index is 0.695. The Labute approximate surface area is 94.7 Å². The number of nitrogens with one attached hydrogen (secondary N) is 2. The average Bonchev–Trinajstić information content (AvgIpc) is 2.82. The van der Waals surface area contributed by atoms with Gasteiger partial charge in [0.15, 0.2) is 0 Å². The minimum Gasteiger partial charge on any atom is -0.494 e. The zero-order valence-corrected chi connectivity index (χ0v) is 9.23. The third-order valence-corrected chi connectivity index (χ3v) is 2.20. The molecule has 1 aromatic heterocycles. The highest BCUT2D eigenvalue weighted by molar-refractivity contribution is 5.46. The van der Waals surface area contributed by atoms with Crippen molar-refractivity contribution < 1.29 is 4.74 Å². The molecule has 1 aromatic carbocycles. The van der Waals surface area contributed by atoms with Crippen molar-refractivity contribution in [2.24, 2.45) is 0 Å². The van der Waals surface area contributed by atoms with E-state index in [1.807, 2.05) is 37.4 Å². The fourth-order valence-electron chi connectivity index (χ4n) is 1.41. The van der Waals surface area contributed by atoms with Gasteiger partial charge in [-0.2, -0.15) is 0 Å². The molecule has 2 N–H and O–H groups in total. The Morgan fingerprint density at radius 2 is 2.12 bits per heavy atom. The second kappa shape index (κ2) is 5.21. The molecule has 0 spiro atoms. The molecule has 0 aliphatic heterocycles. The second-order valence-corrected chi connectivity index (χ2v) is 3.39. The lowest BCUT2D eigenvalue weighted by atomic mass is 10.3. The van der Waals surface area contributed by atoms with Crippen molar-refractivity contribution in [3.63, 3.8) is 0 Å². The summed E-state index contributed by atoms with van der Waals surface area (Å²) >= 11 is 0. The van der Waals surface area contributed by atoms with E-state index >= 15 is 0 Å². The fourth-order valence-corrected chi connectivity index (χ4v) is 1.41. The van der Waals surface area contributed by atoms with Crippen molar-refractivity contribution in [1.29, 1.82) is 0 Å². The molecule has 0 atom stereocenters. The van der Waals surface area contributed by atoms with Crippen LogP contribution in [0.4, 0.5) is 5.69 Å². The number of benzene rings is 1. The van der Waals surface area contributed by atoms with Crippen molar-refractivity contribution in [2.75, 3.05) is 11.9 Å². The molecule has 84 valence electrons. The van der Waals surface area contributed by atoms with E-state index < -0.39 is 0 Å². The van der Waals surface area contributed by atoms with Crippen LogP contribution in [0.15, 0.2) is 36.8 Å². The summed E-state index contributed by atoms with van der Waals surface area (Å²) in [5.41, 5.74) is 2.13. The van der Waals surface area contributed by atoms with Crippen LogP contribution < -0.4 is 10.1 Å². The Morgan fingerprint density at radius 1 is 1.31 bits per heavy atom. The first-order chi connectivity index (χ1) is 7.88. The predicted octanol–water partition coefficient (Wildman–Crippen LogP) is 2.42. The quantitative estimate of drug-likeness (QED) is 0.808. The topological polar surface area (TPSA) is 49.9 Å². The van der Waals surface area contributed by atoms with E-state index in [2.05, 4.69) is 15.3 Å². The zero-order chi connectivity index (χ0) is 11.2. The maximum atomic E-state index is 5.37. The molecule has 2 rings (SSSR count). The number of aromatic amines is 1. The van der Waals surface area contributed by atoms with Gasteiger partial charge in [0.2, 0.25) is 0 Å². The Kier molecular flexibility index (Phi) is 3.43. The summed E-state index contributed by atoms with van der Waals surface area (Å²) in [5.74, 6) is 0.898. The molecular formula is C12H15N3O. The maximum absolute atomic E-state index is 5.37. The zero-order valence-electron chi connectivity index (χ0n) is 9.23. The number of aromatic nitrogens is 2. The molecule has 0 radical (unpaired) electrons. The fraction of sp³-hybridized carbons (Fsp3) is 0.250. The van der Waals surface area contributed by atoms with Gasteiger partial charge < -0.3 is 15.0 Å². The Balaban J connectivity index is 1.90. The summed E-state index contributed by atoms with van der Waals surface area (Å²) in [6.07, 6.45) is 3.48. The van der Waals surface area contributed by atoms with E-state index in [0.717, 1.165) is 23.7 Å². The van der Waals surface area contributed by atoms with Crippen LogP contribution in [0.1, 0.15) is 12.6 Å². The molecule has 4 nitrogen and oxygen atoms in total. The lowest BCUT2D eigenvalue weighted by Crippen LogP contribution is -1.99. The van der Waals surface area contributed by atoms with Crippen molar-refractivity contribution in [3.05, 3.63) is 42.5 Å². The van der Waals surface area contributed by atoms with Gasteiger partial charge in [-0.25, -0.2) is 4.98 Å². The highest BCUT2D eigenvalue weighted by Crippen LogP contribution is 2.15. The maximum Gasteiger partial charge on any atom is 0.119 e. The van der Waals surface area contributed by atoms with Crippen LogP contribution >= 0.6 is 0 Å².